The zero-order valence-corrected chi connectivity index (χ0v) is 58.3. The summed E-state index contributed by atoms with van der Waals surface area (Å²) in [5, 5.41) is 8.99. The Morgan fingerprint density at radius 2 is 1.14 bits per heavy atom. The van der Waals surface area contributed by atoms with Gasteiger partial charge in [-0.1, -0.05) is 124 Å². The van der Waals surface area contributed by atoms with Crippen LogP contribution in [0.4, 0.5) is 0 Å². The molecule has 3 N–H and O–H groups in total. The monoisotopic (exact) mass is 1300 g/mol. The fraction of sp³-hybridized carbons (Fsp3) is 0.826. The maximum absolute atomic E-state index is 15.4. The van der Waals surface area contributed by atoms with Crippen molar-refractivity contribution in [3.8, 4) is 0 Å². The fourth-order valence-corrected chi connectivity index (χ4v) is 15.7. The molecule has 0 aromatic heterocycles. The van der Waals surface area contributed by atoms with E-state index in [1.165, 1.54) is 87.8 Å². The second-order valence-electron chi connectivity index (χ2n) is 29.1. The zero-order valence-electron chi connectivity index (χ0n) is 58.3. The molecule has 1 spiro atoms. The first-order valence-electron chi connectivity index (χ1n) is 35.5. The minimum Gasteiger partial charge on any atom is -0.343 e. The van der Waals surface area contributed by atoms with E-state index in [4.69, 9.17) is 0 Å². The third-order valence-electron chi connectivity index (χ3n) is 22.4. The van der Waals surface area contributed by atoms with Crippen molar-refractivity contribution in [1.82, 2.24) is 60.0 Å². The van der Waals surface area contributed by atoms with Gasteiger partial charge in [0.25, 0.3) is 0 Å². The van der Waals surface area contributed by atoms with E-state index in [0.29, 0.717) is 76.8 Å². The van der Waals surface area contributed by atoms with Gasteiger partial charge in [-0.2, -0.15) is 0 Å². The lowest BCUT2D eigenvalue weighted by atomic mass is 9.84. The molecule has 0 radical (unpaired) electrons. The number of hydrogen-bond donors (Lipinski definition) is 3. The molecule has 4 saturated heterocycles. The predicted molar refractivity (Wildman–Crippen MR) is 351 cm³/mol. The summed E-state index contributed by atoms with van der Waals surface area (Å²) >= 11 is 0. The quantitative estimate of drug-likeness (QED) is 0.274. The second kappa shape index (κ2) is 33.3. The summed E-state index contributed by atoms with van der Waals surface area (Å²) in [7, 11) is 8.91. The van der Waals surface area contributed by atoms with Crippen LogP contribution < -0.4 is 16.0 Å². The normalized spacial score (nSPS) is 30.0. The molecule has 0 unspecified atom stereocenters. The lowest BCUT2D eigenvalue weighted by molar-refractivity contribution is -0.160. The Morgan fingerprint density at radius 1 is 0.538 bits per heavy atom. The Morgan fingerprint density at radius 3 is 1.73 bits per heavy atom. The van der Waals surface area contributed by atoms with Crippen LogP contribution in [0.25, 0.3) is 0 Å². The van der Waals surface area contributed by atoms with Crippen molar-refractivity contribution < 1.29 is 57.5 Å². The van der Waals surface area contributed by atoms with Gasteiger partial charge in [-0.05, 0) is 102 Å². The first-order valence-corrected chi connectivity index (χ1v) is 35.5. The highest BCUT2D eigenvalue weighted by Crippen LogP contribution is 2.36. The Kier molecular flexibility index (Phi) is 26.5. The maximum Gasteiger partial charge on any atom is 0.248 e. The van der Waals surface area contributed by atoms with E-state index in [9.17, 15) is 43.2 Å². The Labute approximate surface area is 553 Å². The van der Waals surface area contributed by atoms with Gasteiger partial charge in [0.2, 0.25) is 70.9 Å². The number of rotatable bonds is 10. The number of hydrogen-bond acceptors (Lipinski definition) is 12. The number of amides is 12. The smallest absolute Gasteiger partial charge is 0.248 e. The topological polar surface area (TPSA) is 270 Å². The van der Waals surface area contributed by atoms with E-state index >= 15 is 14.4 Å². The van der Waals surface area contributed by atoms with Gasteiger partial charge in [0, 0.05) is 68.5 Å². The van der Waals surface area contributed by atoms with Crippen LogP contribution in [0.1, 0.15) is 208 Å². The molecule has 93 heavy (non-hydrogen) atoms. The molecule has 522 valence electrons. The minimum absolute atomic E-state index is 0.118. The lowest BCUT2D eigenvalue weighted by Gasteiger charge is -2.45. The number of likely N-dealkylation sites (N-methyl/N-ethyl adjacent to an activating group) is 6. The standard InChI is InChI=1S/C69H114N12O12/c1-13-45(4)57-66(91)75(9)47(6)61(86)81-40-34-52(81)64(89)76(10)53(41-49-29-19-15-20-30-49)63(88)73(7)43-55(82)70-50(32-25-31-48-27-17-14-18-28-48)62(87)80-39-26-33-51(80)60(85)72-69(35-21-22-36-69)68(93)78(12)58(44(2)3)67(92)77(11)54(65(90)79-37-23-16-24-38-79)42-56(83)74(8)46(5)59(84)71-57/h44-54,57-58H,13-43H2,1-12H3,(H,70,82)(H,71,84)(H,72,85)/t45-,46-,47-,50-,51-,52-,53-,54-,57-,58-/m0/s1. The molecule has 0 bridgehead atoms. The molecule has 24 heteroatoms. The molecule has 4 heterocycles. The summed E-state index contributed by atoms with van der Waals surface area (Å²) in [6.07, 6.45) is 17.6. The van der Waals surface area contributed by atoms with Crippen LogP contribution in [0, 0.1) is 23.7 Å². The number of carbonyl (C=O) groups excluding carboxylic acids is 12. The number of nitrogens with one attached hydrogen (secondary N) is 3. The number of likely N-dealkylation sites (tertiary alicyclic amines) is 1. The number of carbonyl (C=O) groups is 12. The van der Waals surface area contributed by atoms with Gasteiger partial charge < -0.3 is 60.0 Å². The Hall–Kier alpha value is -6.36. The molecular weight excluding hydrogens is 1190 g/mol. The Bertz CT molecular complexity index is 2690. The van der Waals surface area contributed by atoms with E-state index < -0.39 is 156 Å². The largest absolute Gasteiger partial charge is 0.343 e. The summed E-state index contributed by atoms with van der Waals surface area (Å²) in [4.78, 5) is 190. The van der Waals surface area contributed by atoms with Crippen molar-refractivity contribution in [1.29, 1.82) is 0 Å². The molecule has 7 fully saturated rings. The van der Waals surface area contributed by atoms with Crippen molar-refractivity contribution in [2.24, 2.45) is 23.7 Å². The molecule has 7 aliphatic rings. The van der Waals surface area contributed by atoms with Gasteiger partial charge in [0.15, 0.2) is 0 Å². The molecule has 10 atom stereocenters. The SMILES string of the molecule is CC[C@H](C)[C@@H]1NC(=O)[C@H](C)N(C)C(=O)C[C@@H](C(=O)N2CCCCC2)N(C)C(=O)[C@H](C(C)C)N(C)C(=O)C2(CCCC2)NC(=O)[C@@H]2CCCN2C(=O)[C@H](CCCC2CCCCC2)NC(=O)CN(C)C(=O)[C@H](CC2CCCCC2)N(C)C(=O)[C@@H]2CCN2C(=O)[C@H](C)N(C)C1=O. The summed E-state index contributed by atoms with van der Waals surface area (Å²) in [6, 6.07) is -9.94. The van der Waals surface area contributed by atoms with Gasteiger partial charge >= 0.3 is 0 Å². The van der Waals surface area contributed by atoms with Crippen LogP contribution in [0.5, 0.6) is 0 Å². The van der Waals surface area contributed by atoms with Crippen LogP contribution in [0.2, 0.25) is 0 Å². The highest BCUT2D eigenvalue weighted by Gasteiger charge is 2.51. The van der Waals surface area contributed by atoms with E-state index in [0.717, 1.165) is 83.5 Å². The van der Waals surface area contributed by atoms with Crippen molar-refractivity contribution in [3.63, 3.8) is 0 Å². The average Bonchev–Trinajstić information content (AvgIpc) is 1.76. The minimum atomic E-state index is -1.45. The van der Waals surface area contributed by atoms with Crippen molar-refractivity contribution in [2.45, 2.75) is 268 Å². The van der Waals surface area contributed by atoms with E-state index in [-0.39, 0.29) is 31.8 Å². The zero-order chi connectivity index (χ0) is 68.2. The molecule has 12 amide bonds. The van der Waals surface area contributed by atoms with E-state index in [1.807, 2.05) is 6.92 Å². The molecule has 0 aromatic rings. The van der Waals surface area contributed by atoms with E-state index in [1.54, 1.807) is 39.6 Å². The molecule has 3 aliphatic carbocycles. The number of piperidine rings is 1. The summed E-state index contributed by atoms with van der Waals surface area (Å²) in [6.45, 7) is 11.1. The Balaban J connectivity index is 1.24. The molecule has 3 saturated carbocycles. The lowest BCUT2D eigenvalue weighted by Crippen LogP contribution is -2.65. The van der Waals surface area contributed by atoms with Gasteiger partial charge in [-0.25, -0.2) is 0 Å². The highest BCUT2D eigenvalue weighted by atomic mass is 16.2. The van der Waals surface area contributed by atoms with Crippen molar-refractivity contribution in [2.75, 3.05) is 75.0 Å². The van der Waals surface area contributed by atoms with Gasteiger partial charge in [0.05, 0.1) is 13.0 Å². The van der Waals surface area contributed by atoms with Crippen LogP contribution in [-0.2, 0) is 57.5 Å². The van der Waals surface area contributed by atoms with Crippen LogP contribution in [0.3, 0.4) is 0 Å². The fourth-order valence-electron chi connectivity index (χ4n) is 15.7. The molecule has 4 aliphatic heterocycles. The molecule has 24 nitrogen and oxygen atoms in total. The van der Waals surface area contributed by atoms with Crippen molar-refractivity contribution in [3.05, 3.63) is 0 Å². The third-order valence-corrected chi connectivity index (χ3v) is 22.4. The first-order chi connectivity index (χ1) is 44.1. The summed E-state index contributed by atoms with van der Waals surface area (Å²) < 4.78 is 0. The first kappa shape index (κ1) is 74.0. The third kappa shape index (κ3) is 17.6. The van der Waals surface area contributed by atoms with E-state index in [2.05, 4.69) is 16.0 Å². The molecule has 7 rings (SSSR count). The average molecular weight is 1300 g/mol. The van der Waals surface area contributed by atoms with Gasteiger partial charge in [-0.3, -0.25) is 57.5 Å². The molecular formula is C69H114N12O12. The predicted octanol–water partition coefficient (Wildman–Crippen LogP) is 4.45. The number of fused-ring (bicyclic) bond motifs is 2. The second-order valence-corrected chi connectivity index (χ2v) is 29.1. The van der Waals surface area contributed by atoms with Gasteiger partial charge in [-0.15, -0.1) is 0 Å². The summed E-state index contributed by atoms with van der Waals surface area (Å²) in [5.74, 6) is -6.82. The number of nitrogens with zero attached hydrogens (tertiary/aromatic N) is 9. The maximum atomic E-state index is 15.4. The highest BCUT2D eigenvalue weighted by molar-refractivity contribution is 6.01. The summed E-state index contributed by atoms with van der Waals surface area (Å²) in [5.41, 5.74) is -1.45. The van der Waals surface area contributed by atoms with Crippen LogP contribution in [0.15, 0.2) is 0 Å². The van der Waals surface area contributed by atoms with Crippen LogP contribution >= 0.6 is 0 Å². The molecule has 0 aromatic carbocycles. The van der Waals surface area contributed by atoms with Crippen molar-refractivity contribution >= 4 is 70.9 Å². The van der Waals surface area contributed by atoms with Crippen LogP contribution in [-0.4, -0.2) is 250 Å². The van der Waals surface area contributed by atoms with Gasteiger partial charge in [0.1, 0.15) is 59.9 Å².